The molecule has 2 unspecified atom stereocenters. The average Bonchev–Trinajstić information content (AvgIpc) is 3.12. The van der Waals surface area contributed by atoms with Gasteiger partial charge in [0.15, 0.2) is 23.3 Å². The lowest BCUT2D eigenvalue weighted by Crippen LogP contribution is -2.51. The van der Waals surface area contributed by atoms with Crippen molar-refractivity contribution in [1.29, 1.82) is 0 Å². The van der Waals surface area contributed by atoms with E-state index >= 15 is 0 Å². The largest absolute Gasteiger partial charge is 0.457 e. The van der Waals surface area contributed by atoms with Gasteiger partial charge in [-0.3, -0.25) is 0 Å². The van der Waals surface area contributed by atoms with Crippen LogP contribution >= 0.6 is 0 Å². The number of aryl methyl sites for hydroxylation is 4. The first-order valence-electron chi connectivity index (χ1n) is 18.1. The standard InChI is InChI=1S/C21H25F2N3O2.C20H23F2N3O/c1-13-8-21(28-17-5-6-18(22)19(23)9-17)14(2)7-20(13)24-12-25-26-10-15(3)27-16(4)11-26;1-14-11-20(26-16-6-7-17(21)18(22)12-16)15(2)10-19(14)23-13-24-25-8-4-3-5-9-25/h5-9,12,15-16H,10-11H2,1-4H3,(H,24,25);6-7,10-13H,3-5,8-9H2,1-2H3,(H,23,24). The number of rotatable bonds is 10. The van der Waals surface area contributed by atoms with E-state index in [1.807, 2.05) is 65.8 Å². The van der Waals surface area contributed by atoms with Crippen LogP contribution in [0.2, 0.25) is 0 Å². The lowest BCUT2D eigenvalue weighted by Gasteiger charge is -2.34. The Labute approximate surface area is 314 Å². The van der Waals surface area contributed by atoms with Crippen LogP contribution in [-0.4, -0.2) is 61.1 Å². The van der Waals surface area contributed by atoms with Crippen LogP contribution in [0.3, 0.4) is 0 Å². The van der Waals surface area contributed by atoms with Gasteiger partial charge in [-0.1, -0.05) is 6.42 Å². The zero-order valence-electron chi connectivity index (χ0n) is 31.6. The maximum absolute atomic E-state index is 13.4. The molecule has 0 radical (unpaired) electrons. The molecule has 2 aliphatic rings. The van der Waals surface area contributed by atoms with Crippen LogP contribution in [0.4, 0.5) is 28.9 Å². The molecule has 0 spiro atoms. The number of halogens is 4. The molecular weight excluding hydrogens is 700 g/mol. The van der Waals surface area contributed by atoms with Crippen molar-refractivity contribution in [3.05, 3.63) is 106 Å². The Balaban J connectivity index is 0.000000208. The van der Waals surface area contributed by atoms with E-state index in [0.29, 0.717) is 11.5 Å². The predicted molar refractivity (Wildman–Crippen MR) is 204 cm³/mol. The summed E-state index contributed by atoms with van der Waals surface area (Å²) in [5.41, 5.74) is 11.6. The highest BCUT2D eigenvalue weighted by Crippen LogP contribution is 2.33. The first-order valence-corrected chi connectivity index (χ1v) is 18.1. The summed E-state index contributed by atoms with van der Waals surface area (Å²) in [5, 5.41) is 4.24. The zero-order valence-corrected chi connectivity index (χ0v) is 31.6. The van der Waals surface area contributed by atoms with Crippen LogP contribution in [0.1, 0.15) is 55.4 Å². The fourth-order valence-electron chi connectivity index (χ4n) is 6.05. The van der Waals surface area contributed by atoms with Crippen molar-refractivity contribution >= 4 is 24.1 Å². The van der Waals surface area contributed by atoms with Gasteiger partial charge >= 0.3 is 0 Å². The zero-order chi connectivity index (χ0) is 38.8. The topological polar surface area (TPSA) is 83.0 Å². The van der Waals surface area contributed by atoms with Gasteiger partial charge in [-0.05, 0) is 125 Å². The third kappa shape index (κ3) is 11.5. The molecule has 2 saturated heterocycles. The second-order valence-electron chi connectivity index (χ2n) is 13.6. The summed E-state index contributed by atoms with van der Waals surface area (Å²) in [4.78, 5) is 8.99. The highest BCUT2D eigenvalue weighted by molar-refractivity contribution is 5.65. The summed E-state index contributed by atoms with van der Waals surface area (Å²) in [6, 6.07) is 14.5. The number of ether oxygens (including phenoxy) is 3. The lowest BCUT2D eigenvalue weighted by molar-refractivity contribution is -0.0760. The van der Waals surface area contributed by atoms with Crippen molar-refractivity contribution in [2.75, 3.05) is 26.2 Å². The fourth-order valence-corrected chi connectivity index (χ4v) is 6.05. The van der Waals surface area contributed by atoms with E-state index in [0.717, 1.165) is 84.1 Å². The van der Waals surface area contributed by atoms with Gasteiger partial charge in [-0.15, -0.1) is 0 Å². The number of hydrogen-bond donors (Lipinski definition) is 2. The number of benzene rings is 4. The van der Waals surface area contributed by atoms with Crippen molar-refractivity contribution in [3.63, 3.8) is 0 Å². The number of hydrogen-bond acceptors (Lipinski definition) is 7. The highest BCUT2D eigenvalue weighted by Gasteiger charge is 2.21. The summed E-state index contributed by atoms with van der Waals surface area (Å²) in [6.45, 7) is 15.4. The molecule has 54 heavy (non-hydrogen) atoms. The van der Waals surface area contributed by atoms with Crippen LogP contribution in [0, 0.1) is 51.0 Å². The molecule has 288 valence electrons. The fraction of sp³-hybridized carbons (Fsp3) is 0.366. The van der Waals surface area contributed by atoms with Gasteiger partial charge in [0, 0.05) is 38.3 Å². The number of morpholine rings is 1. The highest BCUT2D eigenvalue weighted by atomic mass is 19.2. The van der Waals surface area contributed by atoms with E-state index in [-0.39, 0.29) is 23.7 Å². The maximum atomic E-state index is 13.4. The van der Waals surface area contributed by atoms with Gasteiger partial charge in [0.2, 0.25) is 0 Å². The third-order valence-corrected chi connectivity index (χ3v) is 8.89. The molecule has 2 atom stereocenters. The first-order chi connectivity index (χ1) is 25.8. The normalized spacial score (nSPS) is 18.0. The molecule has 2 N–H and O–H groups in total. The summed E-state index contributed by atoms with van der Waals surface area (Å²) in [7, 11) is 0. The van der Waals surface area contributed by atoms with E-state index in [4.69, 9.17) is 14.2 Å². The Morgan fingerprint density at radius 3 is 1.48 bits per heavy atom. The SMILES string of the molecule is Cc1cc(Oc2ccc(F)c(F)c2)c(C)cc1N=CNN1CC(C)OC(C)C1.Cc1cc(Oc2ccc(F)c(F)c2)c(C)cc1N=CNN1CCCCC1. The van der Waals surface area contributed by atoms with Crippen molar-refractivity contribution in [3.8, 4) is 23.0 Å². The molecular formula is C41H48F4N6O3. The minimum Gasteiger partial charge on any atom is -0.457 e. The molecule has 2 fully saturated rings. The maximum Gasteiger partial charge on any atom is 0.162 e. The van der Waals surface area contributed by atoms with Gasteiger partial charge < -0.3 is 25.1 Å². The quantitative estimate of drug-likeness (QED) is 0.0950. The minimum atomic E-state index is -0.939. The number of nitrogens with zero attached hydrogens (tertiary/aromatic N) is 4. The molecule has 13 heteroatoms. The van der Waals surface area contributed by atoms with Gasteiger partial charge in [0.1, 0.15) is 35.7 Å². The van der Waals surface area contributed by atoms with Crippen molar-refractivity contribution < 1.29 is 31.8 Å². The van der Waals surface area contributed by atoms with Gasteiger partial charge in [-0.2, -0.15) is 0 Å². The molecule has 4 aromatic carbocycles. The van der Waals surface area contributed by atoms with Gasteiger partial charge in [0.05, 0.1) is 23.6 Å². The van der Waals surface area contributed by atoms with Crippen LogP contribution in [0.5, 0.6) is 23.0 Å². The van der Waals surface area contributed by atoms with Crippen LogP contribution < -0.4 is 20.3 Å². The summed E-state index contributed by atoms with van der Waals surface area (Å²) >= 11 is 0. The third-order valence-electron chi connectivity index (χ3n) is 8.89. The van der Waals surface area contributed by atoms with E-state index in [1.165, 1.54) is 31.4 Å². The molecule has 0 saturated carbocycles. The summed E-state index contributed by atoms with van der Waals surface area (Å²) in [6.07, 6.45) is 7.41. The Hall–Kier alpha value is -4.98. The van der Waals surface area contributed by atoms with Crippen molar-refractivity contribution in [2.45, 2.75) is 73.0 Å². The van der Waals surface area contributed by atoms with Crippen LogP contribution in [0.15, 0.2) is 70.6 Å². The molecule has 2 aliphatic heterocycles. The Kier molecular flexibility index (Phi) is 14.0. The van der Waals surface area contributed by atoms with E-state index in [2.05, 4.69) is 30.9 Å². The number of nitrogens with one attached hydrogen (secondary N) is 2. The second-order valence-corrected chi connectivity index (χ2v) is 13.6. The molecule has 2 heterocycles. The van der Waals surface area contributed by atoms with Crippen LogP contribution in [0.25, 0.3) is 0 Å². The Morgan fingerprint density at radius 1 is 0.593 bits per heavy atom. The average molecular weight is 749 g/mol. The second kappa shape index (κ2) is 18.9. The van der Waals surface area contributed by atoms with E-state index < -0.39 is 23.3 Å². The molecule has 4 aromatic rings. The number of piperidine rings is 1. The molecule has 0 aromatic heterocycles. The van der Waals surface area contributed by atoms with Crippen molar-refractivity contribution in [2.24, 2.45) is 9.98 Å². The number of hydrazine groups is 2. The molecule has 0 amide bonds. The minimum absolute atomic E-state index is 0.168. The monoisotopic (exact) mass is 748 g/mol. The van der Waals surface area contributed by atoms with Gasteiger partial charge in [-0.25, -0.2) is 37.6 Å². The molecule has 0 bridgehead atoms. The Bertz CT molecular complexity index is 1940. The smallest absolute Gasteiger partial charge is 0.162 e. The van der Waals surface area contributed by atoms with Crippen LogP contribution in [-0.2, 0) is 4.74 Å². The summed E-state index contributed by atoms with van der Waals surface area (Å²) in [5.74, 6) is -1.99. The lowest BCUT2D eigenvalue weighted by atomic mass is 10.1. The first kappa shape index (κ1) is 40.2. The Morgan fingerprint density at radius 2 is 1.04 bits per heavy atom. The summed E-state index contributed by atoms with van der Waals surface area (Å²) < 4.78 is 69.9. The van der Waals surface area contributed by atoms with E-state index in [9.17, 15) is 17.6 Å². The predicted octanol–water partition coefficient (Wildman–Crippen LogP) is 9.67. The van der Waals surface area contributed by atoms with Gasteiger partial charge in [0.25, 0.3) is 0 Å². The molecule has 0 aliphatic carbocycles. The number of aliphatic imine (C=N–C) groups is 2. The van der Waals surface area contributed by atoms with Crippen molar-refractivity contribution in [1.82, 2.24) is 20.9 Å². The molecule has 6 rings (SSSR count). The van der Waals surface area contributed by atoms with E-state index in [1.54, 1.807) is 12.7 Å². The molecule has 9 nitrogen and oxygen atoms in total.